The van der Waals surface area contributed by atoms with Crippen LogP contribution >= 0.6 is 15.2 Å². The van der Waals surface area contributed by atoms with Crippen molar-refractivity contribution in [2.45, 2.75) is 56.8 Å². The van der Waals surface area contributed by atoms with Gasteiger partial charge in [-0.25, -0.2) is 0 Å². The van der Waals surface area contributed by atoms with Gasteiger partial charge in [-0.05, 0) is 12.8 Å². The van der Waals surface area contributed by atoms with Crippen molar-refractivity contribution in [3.8, 4) is 0 Å². The quantitative estimate of drug-likeness (QED) is 0.189. The van der Waals surface area contributed by atoms with Crippen molar-refractivity contribution in [3.05, 3.63) is 0 Å². The fraction of sp³-hybridized carbons (Fsp3) is 1.00. The molecule has 0 rings (SSSR count). The Kier molecular flexibility index (Phi) is 19.5. The summed E-state index contributed by atoms with van der Waals surface area (Å²) in [4.78, 5) is 39.2. The zero-order chi connectivity index (χ0) is 14.9. The number of hydrogen-bond acceptors (Lipinski definition) is 5. The van der Waals surface area contributed by atoms with Crippen LogP contribution in [0.25, 0.3) is 0 Å². The van der Waals surface area contributed by atoms with Gasteiger partial charge in [-0.2, -0.15) is 0 Å². The molecular weight excluding hydrogens is 340 g/mol. The molecule has 7 nitrogen and oxygen atoms in total. The first-order chi connectivity index (χ1) is 8.69. The predicted molar refractivity (Wildman–Crippen MR) is 67.5 cm³/mol. The Bertz CT molecular complexity index is 309. The summed E-state index contributed by atoms with van der Waals surface area (Å²) in [7, 11) is -10.1. The summed E-state index contributed by atoms with van der Waals surface area (Å²) in [5, 5.41) is 6.47. The number of unbranched alkanes of at least 4 members (excludes halogenated alkanes) is 6. The summed E-state index contributed by atoms with van der Waals surface area (Å²) in [6, 6.07) is 0. The summed E-state index contributed by atoms with van der Waals surface area (Å²) in [6.07, 6.45) is 5.05. The Morgan fingerprint density at radius 3 is 1.52 bits per heavy atom. The summed E-state index contributed by atoms with van der Waals surface area (Å²) < 4.78 is 21.7. The molecule has 0 spiro atoms. The third-order valence-electron chi connectivity index (χ3n) is 2.87. The smallest absolute Gasteiger partial charge is 0.810 e. The van der Waals surface area contributed by atoms with E-state index in [4.69, 9.17) is 14.9 Å². The van der Waals surface area contributed by atoms with E-state index in [-0.39, 0.29) is 72.1 Å². The van der Waals surface area contributed by atoms with Crippen LogP contribution < -0.4 is 68.9 Å². The van der Waals surface area contributed by atoms with E-state index in [2.05, 4.69) is 0 Å². The Hall–Kier alpha value is 2.26. The zero-order valence-corrected chi connectivity index (χ0v) is 18.6. The molecule has 116 valence electrons. The third kappa shape index (κ3) is 15.5. The molecule has 3 N–H and O–H groups in total. The minimum absolute atomic E-state index is 0. The van der Waals surface area contributed by atoms with E-state index in [0.717, 1.165) is 32.1 Å². The van der Waals surface area contributed by atoms with Gasteiger partial charge in [0.25, 0.3) is 0 Å². The van der Waals surface area contributed by atoms with Crippen molar-refractivity contribution in [1.82, 2.24) is 0 Å². The Balaban J connectivity index is -0.00000162. The third-order valence-corrected chi connectivity index (χ3v) is 6.65. The van der Waals surface area contributed by atoms with Crippen molar-refractivity contribution in [2.24, 2.45) is 0 Å². The second kappa shape index (κ2) is 14.6. The molecule has 0 aliphatic rings. The maximum absolute atomic E-state index is 10.9. The van der Waals surface area contributed by atoms with Gasteiger partial charge < -0.3 is 29.2 Å². The largest absolute Gasteiger partial charge is 1.00 e. The van der Waals surface area contributed by atoms with Crippen LogP contribution in [0, 0.1) is 0 Å². The summed E-state index contributed by atoms with van der Waals surface area (Å²) in [5.41, 5.74) is 0. The van der Waals surface area contributed by atoms with E-state index in [9.17, 15) is 18.9 Å². The molecule has 1 unspecified atom stereocenters. The average Bonchev–Trinajstić information content (AvgIpc) is 2.23. The Morgan fingerprint density at radius 2 is 1.19 bits per heavy atom. The molecule has 0 aliphatic carbocycles. The first-order valence-electron chi connectivity index (χ1n) is 6.37. The van der Waals surface area contributed by atoms with Crippen LogP contribution in [0.5, 0.6) is 0 Å². The van der Waals surface area contributed by atoms with Crippen LogP contribution in [0.1, 0.15) is 51.4 Å². The minimum atomic E-state index is -5.26. The molecule has 0 aromatic carbocycles. The molecule has 0 saturated carbocycles. The van der Waals surface area contributed by atoms with E-state index in [1.54, 1.807) is 0 Å². The molecule has 21 heavy (non-hydrogen) atoms. The summed E-state index contributed by atoms with van der Waals surface area (Å²) >= 11 is 0. The van der Waals surface area contributed by atoms with E-state index in [1.165, 1.54) is 0 Å². The van der Waals surface area contributed by atoms with Crippen LogP contribution in [0.4, 0.5) is 0 Å². The van der Waals surface area contributed by atoms with Gasteiger partial charge in [0.05, 0.1) is 5.40 Å². The molecule has 0 bridgehead atoms. The molecule has 0 saturated heterocycles. The zero-order valence-electron chi connectivity index (χ0n) is 12.8. The van der Waals surface area contributed by atoms with Gasteiger partial charge in [0.1, 0.15) is 0 Å². The topological polar surface area (TPSA) is 141 Å². The van der Waals surface area contributed by atoms with Gasteiger partial charge in [0.15, 0.2) is 0 Å². The number of hydrogen-bond donors (Lipinski definition) is 3. The maximum Gasteiger partial charge on any atom is 1.00 e. The molecule has 0 aromatic heterocycles. The summed E-state index contributed by atoms with van der Waals surface area (Å²) in [6.45, 7) is 0.173. The van der Waals surface area contributed by atoms with Crippen molar-refractivity contribution >= 4 is 15.2 Å². The fourth-order valence-electron chi connectivity index (χ4n) is 1.83. The molecule has 11 heteroatoms. The molecule has 0 aliphatic heterocycles. The van der Waals surface area contributed by atoms with Crippen LogP contribution in [-0.2, 0) is 9.13 Å². The molecule has 0 aromatic rings. The maximum atomic E-state index is 10.9. The van der Waals surface area contributed by atoms with Crippen LogP contribution in [0.3, 0.4) is 0 Å². The minimum Gasteiger partial charge on any atom is -0.810 e. The van der Waals surface area contributed by atoms with E-state index in [1.807, 2.05) is 0 Å². The second-order valence-corrected chi connectivity index (χ2v) is 8.51. The SMILES string of the molecule is O=P([O-])([O-])C(CCCCCCCCCO)P(=O)(O)O.[Na+].[Na+]. The van der Waals surface area contributed by atoms with E-state index >= 15 is 0 Å². The molecule has 0 radical (unpaired) electrons. The van der Waals surface area contributed by atoms with Gasteiger partial charge in [-0.1, -0.05) is 46.1 Å². The van der Waals surface area contributed by atoms with E-state index < -0.39 is 20.6 Å². The normalized spacial score (nSPS) is 13.2. The molecule has 1 atom stereocenters. The Labute approximate surface area is 170 Å². The fourth-order valence-corrected chi connectivity index (χ4v) is 4.32. The van der Waals surface area contributed by atoms with Crippen LogP contribution in [0.2, 0.25) is 0 Å². The molecule has 0 amide bonds. The van der Waals surface area contributed by atoms with E-state index in [0.29, 0.717) is 12.8 Å². The standard InChI is InChI=1S/C10H24O7P2.2Na/c11-9-7-5-3-1-2-4-6-8-10(18(12,13)14)19(15,16)17;;/h10-11H,1-9H2,(H2,12,13,14)(H2,15,16,17);;/q;2*+1/p-2. The van der Waals surface area contributed by atoms with Crippen LogP contribution in [-0.4, -0.2) is 26.9 Å². The first kappa shape index (κ1) is 28.1. The molecule has 0 heterocycles. The van der Waals surface area contributed by atoms with Gasteiger partial charge in [0, 0.05) is 6.61 Å². The summed E-state index contributed by atoms with van der Waals surface area (Å²) in [5.74, 6) is 0. The van der Waals surface area contributed by atoms with Crippen molar-refractivity contribution < 1.29 is 92.9 Å². The van der Waals surface area contributed by atoms with Gasteiger partial charge in [-0.3, -0.25) is 4.57 Å². The van der Waals surface area contributed by atoms with Gasteiger partial charge in [0.2, 0.25) is 0 Å². The molecule has 0 fully saturated rings. The van der Waals surface area contributed by atoms with Gasteiger partial charge in [-0.15, -0.1) is 0 Å². The molecular formula is C10H22Na2O7P2. The predicted octanol–water partition coefficient (Wildman–Crippen LogP) is -5.47. The van der Waals surface area contributed by atoms with Crippen molar-refractivity contribution in [3.63, 3.8) is 0 Å². The first-order valence-corrected chi connectivity index (χ1v) is 9.66. The van der Waals surface area contributed by atoms with Crippen LogP contribution in [0.15, 0.2) is 0 Å². The Morgan fingerprint density at radius 1 is 0.810 bits per heavy atom. The van der Waals surface area contributed by atoms with Crippen molar-refractivity contribution in [2.75, 3.05) is 6.61 Å². The number of aliphatic hydroxyl groups excluding tert-OH is 1. The van der Waals surface area contributed by atoms with Gasteiger partial charge >= 0.3 is 66.7 Å². The average molecular weight is 362 g/mol. The number of aliphatic hydroxyl groups is 1. The van der Waals surface area contributed by atoms with Crippen molar-refractivity contribution in [1.29, 1.82) is 0 Å². The second-order valence-electron chi connectivity index (χ2n) is 4.60. The number of rotatable bonds is 11. The monoisotopic (exact) mass is 362 g/mol.